The minimum atomic E-state index is -0.822. The van der Waals surface area contributed by atoms with E-state index in [2.05, 4.69) is 5.32 Å². The minimum Gasteiger partial charge on any atom is -0.481 e. The minimum absolute atomic E-state index is 0.00173. The second-order valence-electron chi connectivity index (χ2n) is 4.86. The molecule has 5 heteroatoms. The van der Waals surface area contributed by atoms with Crippen LogP contribution in [0, 0.1) is 0 Å². The number of benzene rings is 1. The van der Waals surface area contributed by atoms with Crippen LogP contribution in [0.5, 0.6) is 0 Å². The van der Waals surface area contributed by atoms with Crippen LogP contribution in [0.3, 0.4) is 0 Å². The summed E-state index contributed by atoms with van der Waals surface area (Å²) in [5.74, 6) is -0.868. The molecular formula is C15H20ClNO3. The van der Waals surface area contributed by atoms with Crippen molar-refractivity contribution in [1.29, 1.82) is 0 Å². The van der Waals surface area contributed by atoms with E-state index in [0.29, 0.717) is 30.7 Å². The van der Waals surface area contributed by atoms with Crippen molar-refractivity contribution in [2.45, 2.75) is 45.1 Å². The molecule has 0 aliphatic rings. The normalized spacial score (nSPS) is 11.9. The van der Waals surface area contributed by atoms with Crippen molar-refractivity contribution in [1.82, 2.24) is 5.32 Å². The van der Waals surface area contributed by atoms with Crippen LogP contribution >= 0.6 is 11.6 Å². The average molecular weight is 298 g/mol. The molecule has 0 saturated heterocycles. The van der Waals surface area contributed by atoms with Crippen LogP contribution in [-0.2, 0) is 16.0 Å². The van der Waals surface area contributed by atoms with Crippen molar-refractivity contribution in [2.24, 2.45) is 0 Å². The predicted molar refractivity (Wildman–Crippen MR) is 78.9 cm³/mol. The Morgan fingerprint density at radius 1 is 1.25 bits per heavy atom. The first kappa shape index (κ1) is 16.5. The summed E-state index contributed by atoms with van der Waals surface area (Å²) < 4.78 is 0. The van der Waals surface area contributed by atoms with Gasteiger partial charge in [0.2, 0.25) is 5.91 Å². The second-order valence-corrected chi connectivity index (χ2v) is 5.27. The van der Waals surface area contributed by atoms with Gasteiger partial charge in [-0.3, -0.25) is 9.59 Å². The summed E-state index contributed by atoms with van der Waals surface area (Å²) >= 11 is 6.07. The molecule has 1 unspecified atom stereocenters. The van der Waals surface area contributed by atoms with Crippen LogP contribution in [0.15, 0.2) is 24.3 Å². The molecule has 0 aliphatic heterocycles. The molecule has 0 aromatic heterocycles. The lowest BCUT2D eigenvalue weighted by Gasteiger charge is -2.14. The van der Waals surface area contributed by atoms with E-state index in [1.165, 1.54) is 0 Å². The number of aliphatic carboxylic acids is 1. The molecule has 1 aromatic rings. The van der Waals surface area contributed by atoms with Crippen LogP contribution in [0.25, 0.3) is 0 Å². The lowest BCUT2D eigenvalue weighted by Crippen LogP contribution is -2.33. The summed E-state index contributed by atoms with van der Waals surface area (Å²) in [4.78, 5) is 22.0. The highest BCUT2D eigenvalue weighted by atomic mass is 35.5. The Bertz CT molecular complexity index is 462. The van der Waals surface area contributed by atoms with Gasteiger partial charge in [0.15, 0.2) is 0 Å². The van der Waals surface area contributed by atoms with Crippen molar-refractivity contribution in [3.8, 4) is 0 Å². The molecule has 0 saturated carbocycles. The molecule has 0 aliphatic carbocycles. The summed E-state index contributed by atoms with van der Waals surface area (Å²) in [7, 11) is 0. The van der Waals surface area contributed by atoms with E-state index in [9.17, 15) is 9.59 Å². The van der Waals surface area contributed by atoms with Crippen molar-refractivity contribution in [2.75, 3.05) is 0 Å². The van der Waals surface area contributed by atoms with E-state index >= 15 is 0 Å². The zero-order valence-corrected chi connectivity index (χ0v) is 12.3. The van der Waals surface area contributed by atoms with E-state index in [1.54, 1.807) is 0 Å². The Kier molecular flexibility index (Phi) is 7.09. The molecule has 110 valence electrons. The number of amides is 1. The van der Waals surface area contributed by atoms with Crippen molar-refractivity contribution in [3.63, 3.8) is 0 Å². The first-order valence-corrected chi connectivity index (χ1v) is 7.11. The zero-order chi connectivity index (χ0) is 15.0. The summed E-state index contributed by atoms with van der Waals surface area (Å²) in [5, 5.41) is 12.1. The molecule has 0 radical (unpaired) electrons. The van der Waals surface area contributed by atoms with Crippen LogP contribution < -0.4 is 5.32 Å². The molecule has 0 fully saturated rings. The predicted octanol–water partition coefficient (Wildman–Crippen LogP) is 3.03. The summed E-state index contributed by atoms with van der Waals surface area (Å²) in [5.41, 5.74) is 1.01. The number of unbranched alkanes of at least 4 members (excludes halogenated alkanes) is 1. The van der Waals surface area contributed by atoms with Crippen LogP contribution in [0.4, 0.5) is 0 Å². The highest BCUT2D eigenvalue weighted by Crippen LogP contribution is 2.16. The number of carboxylic acid groups (broad SMARTS) is 1. The summed E-state index contributed by atoms with van der Waals surface area (Å²) in [6, 6.07) is 7.57. The summed E-state index contributed by atoms with van der Waals surface area (Å²) in [6.07, 6.45) is 2.28. The lowest BCUT2D eigenvalue weighted by atomic mass is 10.1. The van der Waals surface area contributed by atoms with Crippen molar-refractivity contribution in [3.05, 3.63) is 34.9 Å². The maximum Gasteiger partial charge on any atom is 0.303 e. The standard InChI is InChI=1S/C15H20ClNO3/c1-11(10-12-6-2-3-7-13(12)16)17-14(18)8-4-5-9-15(19)20/h2-3,6-7,11H,4-5,8-10H2,1H3,(H,17,18)(H,19,20). The van der Waals surface area contributed by atoms with E-state index in [0.717, 1.165) is 5.56 Å². The highest BCUT2D eigenvalue weighted by Gasteiger charge is 2.10. The van der Waals surface area contributed by atoms with Gasteiger partial charge >= 0.3 is 5.97 Å². The number of carboxylic acids is 1. The molecule has 4 nitrogen and oxygen atoms in total. The van der Waals surface area contributed by atoms with Gasteiger partial charge in [0.25, 0.3) is 0 Å². The van der Waals surface area contributed by atoms with Crippen molar-refractivity contribution >= 4 is 23.5 Å². The van der Waals surface area contributed by atoms with E-state index in [1.807, 2.05) is 31.2 Å². The molecule has 0 heterocycles. The van der Waals surface area contributed by atoms with Gasteiger partial charge < -0.3 is 10.4 Å². The molecule has 1 rings (SSSR count). The summed E-state index contributed by atoms with van der Waals surface area (Å²) in [6.45, 7) is 1.93. The SMILES string of the molecule is CC(Cc1ccccc1Cl)NC(=O)CCCCC(=O)O. The van der Waals surface area contributed by atoms with E-state index in [4.69, 9.17) is 16.7 Å². The highest BCUT2D eigenvalue weighted by molar-refractivity contribution is 6.31. The maximum absolute atomic E-state index is 11.7. The quantitative estimate of drug-likeness (QED) is 0.725. The zero-order valence-electron chi connectivity index (χ0n) is 11.6. The number of halogens is 1. The fraction of sp³-hybridized carbons (Fsp3) is 0.467. The first-order chi connectivity index (χ1) is 9.49. The van der Waals surface area contributed by atoms with E-state index < -0.39 is 5.97 Å². The molecule has 20 heavy (non-hydrogen) atoms. The first-order valence-electron chi connectivity index (χ1n) is 6.73. The van der Waals surface area contributed by atoms with Gasteiger partial charge in [-0.05, 0) is 37.8 Å². The topological polar surface area (TPSA) is 66.4 Å². The fourth-order valence-electron chi connectivity index (χ4n) is 1.95. The Morgan fingerprint density at radius 3 is 2.55 bits per heavy atom. The van der Waals surface area contributed by atoms with Gasteiger partial charge in [0, 0.05) is 23.9 Å². The number of hydrogen-bond acceptors (Lipinski definition) is 2. The number of carbonyl (C=O) groups excluding carboxylic acids is 1. The lowest BCUT2D eigenvalue weighted by molar-refractivity contribution is -0.137. The Morgan fingerprint density at radius 2 is 1.90 bits per heavy atom. The molecule has 0 spiro atoms. The van der Waals surface area contributed by atoms with Gasteiger partial charge in [0.1, 0.15) is 0 Å². The largest absolute Gasteiger partial charge is 0.481 e. The number of hydrogen-bond donors (Lipinski definition) is 2. The van der Waals surface area contributed by atoms with Crippen LogP contribution in [-0.4, -0.2) is 23.0 Å². The smallest absolute Gasteiger partial charge is 0.303 e. The van der Waals surface area contributed by atoms with Gasteiger partial charge in [-0.25, -0.2) is 0 Å². The Hall–Kier alpha value is -1.55. The molecule has 1 aromatic carbocycles. The third-order valence-corrected chi connectivity index (χ3v) is 3.30. The molecule has 1 atom stereocenters. The number of carbonyl (C=O) groups is 2. The third kappa shape index (κ3) is 6.57. The van der Waals surface area contributed by atoms with Crippen LogP contribution in [0.2, 0.25) is 5.02 Å². The molecule has 2 N–H and O–H groups in total. The Labute approximate surface area is 124 Å². The molecule has 0 bridgehead atoms. The molecular weight excluding hydrogens is 278 g/mol. The fourth-order valence-corrected chi connectivity index (χ4v) is 2.17. The van der Waals surface area contributed by atoms with Gasteiger partial charge in [-0.15, -0.1) is 0 Å². The number of nitrogens with one attached hydrogen (secondary N) is 1. The third-order valence-electron chi connectivity index (χ3n) is 2.94. The maximum atomic E-state index is 11.7. The van der Waals surface area contributed by atoms with E-state index in [-0.39, 0.29) is 18.4 Å². The average Bonchev–Trinajstić information content (AvgIpc) is 2.37. The van der Waals surface area contributed by atoms with Crippen molar-refractivity contribution < 1.29 is 14.7 Å². The van der Waals surface area contributed by atoms with Gasteiger partial charge in [0.05, 0.1) is 0 Å². The number of rotatable bonds is 8. The molecule has 1 amide bonds. The van der Waals surface area contributed by atoms with Gasteiger partial charge in [-0.2, -0.15) is 0 Å². The Balaban J connectivity index is 2.28. The van der Waals surface area contributed by atoms with Gasteiger partial charge in [-0.1, -0.05) is 29.8 Å². The second kappa shape index (κ2) is 8.59. The van der Waals surface area contributed by atoms with Crippen LogP contribution in [0.1, 0.15) is 38.2 Å². The monoisotopic (exact) mass is 297 g/mol.